The van der Waals surface area contributed by atoms with Gasteiger partial charge in [0.25, 0.3) is 0 Å². The molecule has 0 fully saturated rings. The second-order valence-corrected chi connectivity index (χ2v) is 5.69. The first-order valence-corrected chi connectivity index (χ1v) is 7.34. The molecule has 18 heavy (non-hydrogen) atoms. The van der Waals surface area contributed by atoms with Gasteiger partial charge >= 0.3 is 0 Å². The highest BCUT2D eigenvalue weighted by atomic mass is 16.5. The summed E-state index contributed by atoms with van der Waals surface area (Å²) in [5.74, 6) is 0.671. The van der Waals surface area contributed by atoms with Crippen molar-refractivity contribution < 1.29 is 9.47 Å². The Hall–Kier alpha value is -0.120. The van der Waals surface area contributed by atoms with E-state index in [9.17, 15) is 0 Å². The van der Waals surface area contributed by atoms with Gasteiger partial charge in [-0.15, -0.1) is 0 Å². The monoisotopic (exact) mass is 259 g/mol. The maximum Gasteiger partial charge on any atom is 0.0487 e. The van der Waals surface area contributed by atoms with Crippen molar-refractivity contribution in [2.45, 2.75) is 47.0 Å². The minimum Gasteiger partial charge on any atom is -0.385 e. The summed E-state index contributed by atoms with van der Waals surface area (Å²) in [6, 6.07) is 0. The number of hydrogen-bond donors (Lipinski definition) is 1. The molecule has 0 aromatic carbocycles. The van der Waals surface area contributed by atoms with Crippen molar-refractivity contribution in [3.05, 3.63) is 0 Å². The van der Waals surface area contributed by atoms with Gasteiger partial charge in [0.05, 0.1) is 0 Å². The molecule has 1 unspecified atom stereocenters. The molecule has 0 saturated carbocycles. The highest BCUT2D eigenvalue weighted by molar-refractivity contribution is 4.80. The maximum absolute atomic E-state index is 5.68. The van der Waals surface area contributed by atoms with Crippen molar-refractivity contribution in [3.8, 4) is 0 Å². The van der Waals surface area contributed by atoms with E-state index in [1.807, 2.05) is 0 Å². The van der Waals surface area contributed by atoms with Crippen molar-refractivity contribution in [2.75, 3.05) is 40.0 Å². The first-order chi connectivity index (χ1) is 8.56. The van der Waals surface area contributed by atoms with Crippen LogP contribution < -0.4 is 5.32 Å². The summed E-state index contributed by atoms with van der Waals surface area (Å²) < 4.78 is 10.7. The fourth-order valence-corrected chi connectivity index (χ4v) is 1.84. The van der Waals surface area contributed by atoms with Crippen molar-refractivity contribution in [1.29, 1.82) is 0 Å². The lowest BCUT2D eigenvalue weighted by Crippen LogP contribution is -2.37. The van der Waals surface area contributed by atoms with E-state index in [-0.39, 0.29) is 0 Å². The molecule has 0 heterocycles. The molecule has 0 aliphatic heterocycles. The molecule has 3 nitrogen and oxygen atoms in total. The lowest BCUT2D eigenvalue weighted by atomic mass is 9.76. The van der Waals surface area contributed by atoms with Crippen LogP contribution in [0.25, 0.3) is 0 Å². The molecule has 0 aliphatic rings. The Balaban J connectivity index is 3.81. The maximum atomic E-state index is 5.68. The zero-order valence-corrected chi connectivity index (χ0v) is 13.1. The van der Waals surface area contributed by atoms with Gasteiger partial charge in [0.2, 0.25) is 0 Å². The van der Waals surface area contributed by atoms with Gasteiger partial charge in [-0.25, -0.2) is 0 Å². The quantitative estimate of drug-likeness (QED) is 0.546. The van der Waals surface area contributed by atoms with Gasteiger partial charge in [-0.3, -0.25) is 0 Å². The third-order valence-corrected chi connectivity index (χ3v) is 3.80. The second-order valence-electron chi connectivity index (χ2n) is 5.69. The Morgan fingerprint density at radius 2 is 1.89 bits per heavy atom. The third kappa shape index (κ3) is 8.06. The summed E-state index contributed by atoms with van der Waals surface area (Å²) >= 11 is 0. The molecule has 1 atom stereocenters. The lowest BCUT2D eigenvalue weighted by molar-refractivity contribution is 0.0658. The predicted molar refractivity (Wildman–Crippen MR) is 78.0 cm³/mol. The van der Waals surface area contributed by atoms with Crippen molar-refractivity contribution in [2.24, 2.45) is 11.3 Å². The summed E-state index contributed by atoms with van der Waals surface area (Å²) in [5, 5.41) is 3.54. The van der Waals surface area contributed by atoms with Crippen LogP contribution in [-0.2, 0) is 9.47 Å². The van der Waals surface area contributed by atoms with Gasteiger partial charge < -0.3 is 14.8 Å². The fourth-order valence-electron chi connectivity index (χ4n) is 1.84. The van der Waals surface area contributed by atoms with Gasteiger partial charge in [-0.1, -0.05) is 27.7 Å². The van der Waals surface area contributed by atoms with Crippen LogP contribution in [0.2, 0.25) is 0 Å². The summed E-state index contributed by atoms with van der Waals surface area (Å²) in [6.07, 6.45) is 3.30. The summed E-state index contributed by atoms with van der Waals surface area (Å²) in [5.41, 5.74) is 0.330. The summed E-state index contributed by atoms with van der Waals surface area (Å²) in [6.45, 7) is 13.8. The van der Waals surface area contributed by atoms with Gasteiger partial charge in [-0.05, 0) is 37.1 Å². The minimum atomic E-state index is 0.330. The van der Waals surface area contributed by atoms with E-state index in [1.54, 1.807) is 7.11 Å². The molecule has 0 bridgehead atoms. The van der Waals surface area contributed by atoms with Crippen LogP contribution in [0.3, 0.4) is 0 Å². The molecule has 0 aromatic rings. The van der Waals surface area contributed by atoms with Crippen LogP contribution >= 0.6 is 0 Å². The highest BCUT2D eigenvalue weighted by Gasteiger charge is 2.27. The van der Waals surface area contributed by atoms with Crippen molar-refractivity contribution in [3.63, 3.8) is 0 Å². The van der Waals surface area contributed by atoms with Crippen LogP contribution in [0, 0.1) is 11.3 Å². The molecule has 0 rings (SSSR count). The molecular formula is C15H33NO2. The van der Waals surface area contributed by atoms with Gasteiger partial charge in [0.1, 0.15) is 0 Å². The van der Waals surface area contributed by atoms with Crippen molar-refractivity contribution in [1.82, 2.24) is 5.32 Å². The number of nitrogens with one attached hydrogen (secondary N) is 1. The Morgan fingerprint density at radius 3 is 2.44 bits per heavy atom. The minimum absolute atomic E-state index is 0.330. The second kappa shape index (κ2) is 10.8. The average molecular weight is 259 g/mol. The summed E-state index contributed by atoms with van der Waals surface area (Å²) in [7, 11) is 1.73. The lowest BCUT2D eigenvalue weighted by Gasteiger charge is -2.34. The van der Waals surface area contributed by atoms with E-state index < -0.39 is 0 Å². The Morgan fingerprint density at radius 1 is 1.17 bits per heavy atom. The molecule has 0 spiro atoms. The van der Waals surface area contributed by atoms with Crippen LogP contribution in [0.1, 0.15) is 47.0 Å². The van der Waals surface area contributed by atoms with Crippen LogP contribution in [0.4, 0.5) is 0 Å². The molecule has 0 saturated heterocycles. The average Bonchev–Trinajstić information content (AvgIpc) is 2.34. The van der Waals surface area contributed by atoms with E-state index in [4.69, 9.17) is 9.47 Å². The zero-order chi connectivity index (χ0) is 13.9. The predicted octanol–water partition coefficient (Wildman–Crippen LogP) is 3.09. The molecule has 0 aliphatic carbocycles. The molecule has 1 N–H and O–H groups in total. The number of methoxy groups -OCH3 is 1. The van der Waals surface area contributed by atoms with E-state index in [0.717, 1.165) is 45.8 Å². The number of rotatable bonds is 12. The van der Waals surface area contributed by atoms with E-state index >= 15 is 0 Å². The largest absolute Gasteiger partial charge is 0.385 e. The van der Waals surface area contributed by atoms with Crippen LogP contribution in [0.15, 0.2) is 0 Å². The molecule has 0 aromatic heterocycles. The summed E-state index contributed by atoms with van der Waals surface area (Å²) in [4.78, 5) is 0. The molecule has 0 amide bonds. The topological polar surface area (TPSA) is 30.5 Å². The highest BCUT2D eigenvalue weighted by Crippen LogP contribution is 2.30. The molecule has 110 valence electrons. The number of ether oxygens (including phenoxy) is 2. The Labute approximate surface area is 114 Å². The van der Waals surface area contributed by atoms with E-state index in [1.165, 1.54) is 6.42 Å². The zero-order valence-electron chi connectivity index (χ0n) is 13.1. The first kappa shape index (κ1) is 17.9. The molecule has 3 heteroatoms. The smallest absolute Gasteiger partial charge is 0.0487 e. The number of hydrogen-bond acceptors (Lipinski definition) is 3. The van der Waals surface area contributed by atoms with Gasteiger partial charge in [-0.2, -0.15) is 0 Å². The van der Waals surface area contributed by atoms with Gasteiger partial charge in [0, 0.05) is 33.5 Å². The van der Waals surface area contributed by atoms with Crippen molar-refractivity contribution >= 4 is 0 Å². The standard InChI is InChI=1S/C15H33NO2/c1-6-9-16-13-15(4,14(2)3)8-12-18-11-7-10-17-5/h14,16H,6-13H2,1-5H3. The first-order valence-electron chi connectivity index (χ1n) is 7.34. The molecular weight excluding hydrogens is 226 g/mol. The van der Waals surface area contributed by atoms with Crippen LogP contribution in [-0.4, -0.2) is 40.0 Å². The van der Waals surface area contributed by atoms with Gasteiger partial charge in [0.15, 0.2) is 0 Å². The fraction of sp³-hybridized carbons (Fsp3) is 1.00. The third-order valence-electron chi connectivity index (χ3n) is 3.80. The van der Waals surface area contributed by atoms with E-state index in [0.29, 0.717) is 11.3 Å². The normalized spacial score (nSPS) is 15.0. The van der Waals surface area contributed by atoms with Crippen LogP contribution in [0.5, 0.6) is 0 Å². The SMILES string of the molecule is CCCNCC(C)(CCOCCCOC)C(C)C. The Kier molecular flexibility index (Phi) is 10.7. The van der Waals surface area contributed by atoms with E-state index in [2.05, 4.69) is 33.0 Å². The Bertz CT molecular complexity index is 185. The molecule has 0 radical (unpaired) electrons.